The number of benzene rings is 1. The summed E-state index contributed by atoms with van der Waals surface area (Å²) in [6.07, 6.45) is 1.44. The zero-order valence-corrected chi connectivity index (χ0v) is 9.04. The third-order valence-corrected chi connectivity index (χ3v) is 2.69. The molecule has 0 unspecified atom stereocenters. The number of anilines is 1. The maximum Gasteiger partial charge on any atom is 0.319 e. The molecule has 1 aromatic carbocycles. The van der Waals surface area contributed by atoms with Crippen molar-refractivity contribution in [3.8, 4) is 0 Å². The van der Waals surface area contributed by atoms with Crippen molar-refractivity contribution in [1.82, 2.24) is 5.32 Å². The lowest BCUT2D eigenvalue weighted by Crippen LogP contribution is -2.51. The summed E-state index contributed by atoms with van der Waals surface area (Å²) in [5.41, 5.74) is 5.52. The van der Waals surface area contributed by atoms with Gasteiger partial charge in [-0.15, -0.1) is 0 Å². The van der Waals surface area contributed by atoms with E-state index in [1.807, 2.05) is 0 Å². The molecule has 2 amide bonds. The van der Waals surface area contributed by atoms with Crippen molar-refractivity contribution < 1.29 is 13.6 Å². The molecule has 4 nitrogen and oxygen atoms in total. The molecule has 1 fully saturated rings. The molecule has 2 rings (SSSR count). The van der Waals surface area contributed by atoms with Crippen LogP contribution in [-0.2, 0) is 0 Å². The molecule has 0 aromatic heterocycles. The van der Waals surface area contributed by atoms with Crippen molar-refractivity contribution in [1.29, 1.82) is 0 Å². The van der Waals surface area contributed by atoms with Crippen LogP contribution in [0.2, 0.25) is 0 Å². The van der Waals surface area contributed by atoms with Gasteiger partial charge in [0.2, 0.25) is 0 Å². The number of rotatable bonds is 2. The fourth-order valence-corrected chi connectivity index (χ4v) is 1.71. The Morgan fingerprint density at radius 1 is 1.35 bits per heavy atom. The second-order valence-corrected chi connectivity index (χ2v) is 4.15. The highest BCUT2D eigenvalue weighted by Gasteiger charge is 2.27. The fraction of sp³-hybridized carbons (Fsp3) is 0.364. The van der Waals surface area contributed by atoms with Crippen LogP contribution in [0.1, 0.15) is 12.8 Å². The lowest BCUT2D eigenvalue weighted by Gasteiger charge is -2.32. The number of amides is 2. The summed E-state index contributed by atoms with van der Waals surface area (Å²) in [7, 11) is 0. The van der Waals surface area contributed by atoms with E-state index in [4.69, 9.17) is 5.73 Å². The average Bonchev–Trinajstić information content (AvgIpc) is 2.20. The van der Waals surface area contributed by atoms with E-state index in [9.17, 15) is 13.6 Å². The van der Waals surface area contributed by atoms with Gasteiger partial charge in [0.1, 0.15) is 11.6 Å². The van der Waals surface area contributed by atoms with Gasteiger partial charge in [-0.05, 0) is 25.0 Å². The Kier molecular flexibility index (Phi) is 3.23. The lowest BCUT2D eigenvalue weighted by molar-refractivity contribution is 0.234. The second-order valence-electron chi connectivity index (χ2n) is 4.15. The number of hydrogen-bond acceptors (Lipinski definition) is 2. The standard InChI is InChI=1S/C11H13F2N3O/c12-6-1-2-10(9(13)3-6)16-11(17)15-8-4-7(14)5-8/h1-3,7-8H,4-5,14H2,(H2,15,16,17). The van der Waals surface area contributed by atoms with E-state index in [0.29, 0.717) is 0 Å². The highest BCUT2D eigenvalue weighted by Crippen LogP contribution is 2.18. The van der Waals surface area contributed by atoms with E-state index < -0.39 is 17.7 Å². The number of nitrogens with one attached hydrogen (secondary N) is 2. The second kappa shape index (κ2) is 4.67. The normalized spacial score (nSPS) is 22.8. The molecule has 0 aliphatic heterocycles. The highest BCUT2D eigenvalue weighted by molar-refractivity contribution is 5.89. The van der Waals surface area contributed by atoms with Gasteiger partial charge in [0.15, 0.2) is 0 Å². The Morgan fingerprint density at radius 3 is 2.65 bits per heavy atom. The molecule has 17 heavy (non-hydrogen) atoms. The summed E-state index contributed by atoms with van der Waals surface area (Å²) in [5, 5.41) is 4.97. The quantitative estimate of drug-likeness (QED) is 0.735. The van der Waals surface area contributed by atoms with Crippen molar-refractivity contribution in [2.75, 3.05) is 5.32 Å². The molecule has 0 spiro atoms. The first kappa shape index (κ1) is 11.8. The predicted octanol–water partition coefficient (Wildman–Crippen LogP) is 1.58. The van der Waals surface area contributed by atoms with Crippen LogP contribution in [0, 0.1) is 11.6 Å². The molecule has 6 heteroatoms. The van der Waals surface area contributed by atoms with Gasteiger partial charge < -0.3 is 16.4 Å². The Balaban J connectivity index is 1.89. The average molecular weight is 241 g/mol. The molecule has 0 saturated heterocycles. The third kappa shape index (κ3) is 2.91. The number of nitrogens with two attached hydrogens (primary N) is 1. The Hall–Kier alpha value is -1.69. The zero-order chi connectivity index (χ0) is 12.4. The molecule has 1 aromatic rings. The van der Waals surface area contributed by atoms with Crippen LogP contribution in [0.3, 0.4) is 0 Å². The maximum atomic E-state index is 13.2. The Labute approximate surface area is 97.2 Å². The van der Waals surface area contributed by atoms with Crippen LogP contribution in [0.4, 0.5) is 19.3 Å². The molecule has 0 heterocycles. The largest absolute Gasteiger partial charge is 0.335 e. The molecule has 1 aliphatic rings. The first-order valence-electron chi connectivity index (χ1n) is 5.33. The van der Waals surface area contributed by atoms with E-state index in [2.05, 4.69) is 10.6 Å². The van der Waals surface area contributed by atoms with Crippen LogP contribution in [0.15, 0.2) is 18.2 Å². The van der Waals surface area contributed by atoms with Crippen molar-refractivity contribution in [2.45, 2.75) is 24.9 Å². The van der Waals surface area contributed by atoms with E-state index >= 15 is 0 Å². The van der Waals surface area contributed by atoms with Crippen LogP contribution in [0.5, 0.6) is 0 Å². The number of carbonyl (C=O) groups is 1. The summed E-state index contributed by atoms with van der Waals surface area (Å²) in [6.45, 7) is 0. The number of urea groups is 1. The van der Waals surface area contributed by atoms with Gasteiger partial charge in [-0.2, -0.15) is 0 Å². The van der Waals surface area contributed by atoms with Crippen molar-refractivity contribution in [3.05, 3.63) is 29.8 Å². The van der Waals surface area contributed by atoms with E-state index in [0.717, 1.165) is 25.0 Å². The summed E-state index contributed by atoms with van der Waals surface area (Å²) in [5.74, 6) is -1.48. The van der Waals surface area contributed by atoms with Crippen LogP contribution < -0.4 is 16.4 Å². The minimum atomic E-state index is -0.800. The fourth-order valence-electron chi connectivity index (χ4n) is 1.71. The molecular weight excluding hydrogens is 228 g/mol. The molecular formula is C11H13F2N3O. The molecule has 4 N–H and O–H groups in total. The van der Waals surface area contributed by atoms with Crippen LogP contribution in [-0.4, -0.2) is 18.1 Å². The molecule has 0 bridgehead atoms. The highest BCUT2D eigenvalue weighted by atomic mass is 19.1. The van der Waals surface area contributed by atoms with Crippen LogP contribution in [0.25, 0.3) is 0 Å². The van der Waals surface area contributed by atoms with Crippen molar-refractivity contribution in [3.63, 3.8) is 0 Å². The van der Waals surface area contributed by atoms with Gasteiger partial charge in [0.25, 0.3) is 0 Å². The number of hydrogen-bond donors (Lipinski definition) is 3. The van der Waals surface area contributed by atoms with Gasteiger partial charge in [0, 0.05) is 18.2 Å². The van der Waals surface area contributed by atoms with E-state index in [-0.39, 0.29) is 17.8 Å². The van der Waals surface area contributed by atoms with E-state index in [1.165, 1.54) is 6.07 Å². The summed E-state index contributed by atoms with van der Waals surface area (Å²) in [4.78, 5) is 11.4. The first-order chi connectivity index (χ1) is 8.04. The van der Waals surface area contributed by atoms with Gasteiger partial charge in [-0.25, -0.2) is 13.6 Å². The minimum Gasteiger partial charge on any atom is -0.335 e. The molecule has 92 valence electrons. The summed E-state index contributed by atoms with van der Waals surface area (Å²) >= 11 is 0. The minimum absolute atomic E-state index is 0.0357. The Morgan fingerprint density at radius 2 is 2.06 bits per heavy atom. The van der Waals surface area contributed by atoms with E-state index in [1.54, 1.807) is 0 Å². The predicted molar refractivity (Wildman–Crippen MR) is 59.5 cm³/mol. The smallest absolute Gasteiger partial charge is 0.319 e. The van der Waals surface area contributed by atoms with Gasteiger partial charge in [-0.3, -0.25) is 0 Å². The monoisotopic (exact) mass is 241 g/mol. The molecule has 1 saturated carbocycles. The van der Waals surface area contributed by atoms with Gasteiger partial charge >= 0.3 is 6.03 Å². The molecule has 0 atom stereocenters. The van der Waals surface area contributed by atoms with Gasteiger partial charge in [-0.1, -0.05) is 0 Å². The first-order valence-corrected chi connectivity index (χ1v) is 5.33. The SMILES string of the molecule is NC1CC(NC(=O)Nc2ccc(F)cc2F)C1. The maximum absolute atomic E-state index is 13.2. The summed E-state index contributed by atoms with van der Waals surface area (Å²) in [6, 6.07) is 2.63. The van der Waals surface area contributed by atoms with Crippen molar-refractivity contribution >= 4 is 11.7 Å². The van der Waals surface area contributed by atoms with Crippen molar-refractivity contribution in [2.24, 2.45) is 5.73 Å². The zero-order valence-electron chi connectivity index (χ0n) is 9.04. The topological polar surface area (TPSA) is 67.1 Å². The summed E-state index contributed by atoms with van der Waals surface area (Å²) < 4.78 is 25.8. The van der Waals surface area contributed by atoms with Gasteiger partial charge in [0.05, 0.1) is 5.69 Å². The molecule has 0 radical (unpaired) electrons. The third-order valence-electron chi connectivity index (χ3n) is 2.69. The van der Waals surface area contributed by atoms with Crippen LogP contribution >= 0.6 is 0 Å². The number of halogens is 2. The Bertz CT molecular complexity index is 433. The number of carbonyl (C=O) groups excluding carboxylic acids is 1. The lowest BCUT2D eigenvalue weighted by atomic mass is 9.88. The molecule has 1 aliphatic carbocycles.